The highest BCUT2D eigenvalue weighted by atomic mass is 16.6. The summed E-state index contributed by atoms with van der Waals surface area (Å²) in [5.41, 5.74) is 0.331. The van der Waals surface area contributed by atoms with E-state index in [0.717, 1.165) is 32.1 Å². The van der Waals surface area contributed by atoms with E-state index in [2.05, 4.69) is 20.8 Å². The second kappa shape index (κ2) is 5.47. The minimum Gasteiger partial charge on any atom is -0.462 e. The van der Waals surface area contributed by atoms with E-state index in [1.807, 2.05) is 0 Å². The number of hydrogen-bond donors (Lipinski definition) is 2. The Morgan fingerprint density at radius 2 is 1.69 bits per heavy atom. The second-order valence-corrected chi connectivity index (χ2v) is 10.8. The predicted molar refractivity (Wildman–Crippen MR) is 97.0 cm³/mol. The molecule has 0 spiro atoms. The minimum absolute atomic E-state index is 0.00114. The molecular formula is C22H34O4. The maximum absolute atomic E-state index is 12.1. The lowest BCUT2D eigenvalue weighted by molar-refractivity contribution is -0.173. The first-order valence-corrected chi connectivity index (χ1v) is 10.8. The van der Waals surface area contributed by atoms with Crippen molar-refractivity contribution in [2.24, 2.45) is 46.3 Å². The van der Waals surface area contributed by atoms with Gasteiger partial charge < -0.3 is 14.9 Å². The lowest BCUT2D eigenvalue weighted by atomic mass is 9.44. The number of esters is 1. The fourth-order valence-corrected chi connectivity index (χ4v) is 8.72. The van der Waals surface area contributed by atoms with Crippen LogP contribution in [-0.2, 0) is 9.53 Å². The molecule has 0 bridgehead atoms. The Labute approximate surface area is 156 Å². The number of fused-ring (bicyclic) bond motifs is 7. The summed E-state index contributed by atoms with van der Waals surface area (Å²) in [4.78, 5) is 12.1. The van der Waals surface area contributed by atoms with Crippen LogP contribution in [-0.4, -0.2) is 34.5 Å². The van der Waals surface area contributed by atoms with Gasteiger partial charge in [-0.05, 0) is 79.4 Å². The van der Waals surface area contributed by atoms with E-state index in [4.69, 9.17) is 4.74 Å². The molecule has 1 aliphatic heterocycles. The van der Waals surface area contributed by atoms with E-state index in [-0.39, 0.29) is 46.9 Å². The smallest absolute Gasteiger partial charge is 0.309 e. The summed E-state index contributed by atoms with van der Waals surface area (Å²) in [6, 6.07) is 0. The molecule has 0 amide bonds. The fraction of sp³-hybridized carbons (Fsp3) is 0.955. The highest BCUT2D eigenvalue weighted by Gasteiger charge is 2.67. The largest absolute Gasteiger partial charge is 0.462 e. The van der Waals surface area contributed by atoms with Gasteiger partial charge in [-0.15, -0.1) is 0 Å². The van der Waals surface area contributed by atoms with Crippen LogP contribution in [0.2, 0.25) is 0 Å². The molecule has 0 radical (unpaired) electrons. The molecule has 4 saturated carbocycles. The molecule has 2 N–H and O–H groups in total. The van der Waals surface area contributed by atoms with Gasteiger partial charge in [-0.25, -0.2) is 0 Å². The van der Waals surface area contributed by atoms with Crippen LogP contribution in [0.15, 0.2) is 0 Å². The van der Waals surface area contributed by atoms with E-state index in [1.54, 1.807) is 0 Å². The van der Waals surface area contributed by atoms with Gasteiger partial charge in [0.05, 0.1) is 18.1 Å². The Balaban J connectivity index is 1.48. The molecule has 11 unspecified atom stereocenters. The summed E-state index contributed by atoms with van der Waals surface area (Å²) in [7, 11) is 0. The van der Waals surface area contributed by atoms with Crippen molar-refractivity contribution in [2.75, 3.05) is 0 Å². The Bertz CT molecular complexity index is 619. The molecule has 1 heterocycles. The quantitative estimate of drug-likeness (QED) is 0.650. The molecule has 4 aliphatic carbocycles. The lowest BCUT2D eigenvalue weighted by Gasteiger charge is -2.62. The van der Waals surface area contributed by atoms with Gasteiger partial charge in [0.2, 0.25) is 0 Å². The number of ether oxygens (including phenoxy) is 1. The maximum Gasteiger partial charge on any atom is 0.309 e. The van der Waals surface area contributed by atoms with Crippen LogP contribution in [0.1, 0.15) is 65.7 Å². The van der Waals surface area contributed by atoms with Crippen molar-refractivity contribution >= 4 is 5.97 Å². The number of aliphatic hydroxyl groups excluding tert-OH is 2. The van der Waals surface area contributed by atoms with Gasteiger partial charge in [-0.2, -0.15) is 0 Å². The van der Waals surface area contributed by atoms with Crippen LogP contribution in [0, 0.1) is 46.3 Å². The monoisotopic (exact) mass is 362 g/mol. The van der Waals surface area contributed by atoms with Crippen molar-refractivity contribution in [1.82, 2.24) is 0 Å². The summed E-state index contributed by atoms with van der Waals surface area (Å²) in [5.74, 6) is 2.37. The molecule has 5 rings (SSSR count). The lowest BCUT2D eigenvalue weighted by Crippen LogP contribution is -2.58. The molecule has 4 heteroatoms. The van der Waals surface area contributed by atoms with Crippen LogP contribution in [0.4, 0.5) is 0 Å². The average molecular weight is 363 g/mol. The molecule has 0 aromatic carbocycles. The summed E-state index contributed by atoms with van der Waals surface area (Å²) < 4.78 is 5.77. The Kier molecular flexibility index (Phi) is 3.68. The van der Waals surface area contributed by atoms with E-state index >= 15 is 0 Å². The Morgan fingerprint density at radius 1 is 0.962 bits per heavy atom. The van der Waals surface area contributed by atoms with Crippen LogP contribution in [0.3, 0.4) is 0 Å². The van der Waals surface area contributed by atoms with Crippen molar-refractivity contribution in [2.45, 2.75) is 84.0 Å². The molecule has 5 aliphatic rings. The van der Waals surface area contributed by atoms with Crippen molar-refractivity contribution in [3.63, 3.8) is 0 Å². The third-order valence-corrected chi connectivity index (χ3v) is 9.92. The zero-order valence-electron chi connectivity index (χ0n) is 16.4. The van der Waals surface area contributed by atoms with E-state index in [9.17, 15) is 15.0 Å². The molecule has 0 aromatic rings. The van der Waals surface area contributed by atoms with Crippen LogP contribution >= 0.6 is 0 Å². The third kappa shape index (κ3) is 2.06. The van der Waals surface area contributed by atoms with E-state index in [1.165, 1.54) is 12.8 Å². The van der Waals surface area contributed by atoms with Gasteiger partial charge in [-0.1, -0.05) is 20.8 Å². The molecule has 4 nitrogen and oxygen atoms in total. The van der Waals surface area contributed by atoms with Gasteiger partial charge in [0.15, 0.2) is 0 Å². The summed E-state index contributed by atoms with van der Waals surface area (Å²) >= 11 is 0. The van der Waals surface area contributed by atoms with Crippen molar-refractivity contribution in [3.05, 3.63) is 0 Å². The van der Waals surface area contributed by atoms with Crippen molar-refractivity contribution in [1.29, 1.82) is 0 Å². The molecule has 11 atom stereocenters. The fourth-order valence-electron chi connectivity index (χ4n) is 8.72. The van der Waals surface area contributed by atoms with Gasteiger partial charge in [0, 0.05) is 5.92 Å². The molecular weight excluding hydrogens is 328 g/mol. The zero-order chi connectivity index (χ0) is 18.4. The predicted octanol–water partition coefficient (Wildman–Crippen LogP) is 3.15. The first kappa shape index (κ1) is 17.5. The highest BCUT2D eigenvalue weighted by molar-refractivity contribution is 5.75. The van der Waals surface area contributed by atoms with Gasteiger partial charge >= 0.3 is 5.97 Å². The highest BCUT2D eigenvalue weighted by Crippen LogP contribution is 2.69. The Morgan fingerprint density at radius 3 is 2.46 bits per heavy atom. The molecule has 0 aromatic heterocycles. The number of carbonyl (C=O) groups excluding carboxylic acids is 1. The Hall–Kier alpha value is -0.610. The minimum atomic E-state index is -0.293. The normalized spacial score (nSPS) is 61.3. The van der Waals surface area contributed by atoms with E-state index in [0.29, 0.717) is 23.7 Å². The number of hydrogen-bond acceptors (Lipinski definition) is 4. The third-order valence-electron chi connectivity index (χ3n) is 9.92. The van der Waals surface area contributed by atoms with Crippen LogP contribution in [0.25, 0.3) is 0 Å². The molecule has 146 valence electrons. The van der Waals surface area contributed by atoms with E-state index < -0.39 is 0 Å². The van der Waals surface area contributed by atoms with Crippen LogP contribution < -0.4 is 0 Å². The average Bonchev–Trinajstić information content (AvgIpc) is 3.03. The van der Waals surface area contributed by atoms with Crippen molar-refractivity contribution < 1.29 is 19.7 Å². The number of rotatable bonds is 0. The summed E-state index contributed by atoms with van der Waals surface area (Å²) in [6.07, 6.45) is 6.51. The van der Waals surface area contributed by atoms with Gasteiger partial charge in [0.25, 0.3) is 0 Å². The maximum atomic E-state index is 12.1. The number of carbonyl (C=O) groups is 1. The first-order valence-electron chi connectivity index (χ1n) is 10.8. The van der Waals surface area contributed by atoms with Crippen LogP contribution in [0.5, 0.6) is 0 Å². The number of aliphatic hydroxyl groups is 2. The second-order valence-electron chi connectivity index (χ2n) is 10.8. The summed E-state index contributed by atoms with van der Waals surface area (Å²) in [6.45, 7) is 6.86. The summed E-state index contributed by atoms with van der Waals surface area (Å²) in [5, 5.41) is 21.2. The van der Waals surface area contributed by atoms with Crippen molar-refractivity contribution in [3.8, 4) is 0 Å². The SMILES string of the molecule is CC1C(=O)OC2CC3C4CC(O)C5CC(O)CCC5(C)C4CCC3(C)C21. The standard InChI is InChI=1S/C22H34O4/c1-11-19-18(26-20(11)25)10-15-13-9-17(24)16-8-12(23)4-6-21(16,2)14(13)5-7-22(15,19)3/h11-19,23-24H,4-10H2,1-3H3. The molecule has 1 saturated heterocycles. The zero-order valence-corrected chi connectivity index (χ0v) is 16.4. The molecule has 26 heavy (non-hydrogen) atoms. The van der Waals surface area contributed by atoms with Gasteiger partial charge in [-0.3, -0.25) is 4.79 Å². The van der Waals surface area contributed by atoms with Gasteiger partial charge in [0.1, 0.15) is 6.10 Å². The molecule has 5 fully saturated rings. The topological polar surface area (TPSA) is 66.8 Å². The first-order chi connectivity index (χ1) is 12.3.